The van der Waals surface area contributed by atoms with Gasteiger partial charge < -0.3 is 0 Å². The maximum atomic E-state index is 10.6. The molecule has 0 saturated carbocycles. The predicted octanol–water partition coefficient (Wildman–Crippen LogP) is 2.57. The minimum Gasteiger partial charge on any atom is -0.258 e. The summed E-state index contributed by atoms with van der Waals surface area (Å²) in [5.74, 6) is 0. The van der Waals surface area contributed by atoms with Crippen LogP contribution in [0, 0.1) is 27.2 Å². The summed E-state index contributed by atoms with van der Waals surface area (Å²) in [5, 5.41) is 21.0. The molecule has 0 aliphatic rings. The molecule has 0 atom stereocenters. The van der Waals surface area contributed by atoms with Gasteiger partial charge in [-0.3, -0.25) is 20.2 Å². The molecule has 0 spiro atoms. The maximum Gasteiger partial charge on any atom is 0.293 e. The zero-order valence-corrected chi connectivity index (χ0v) is 8.65. The fraction of sp³-hybridized carbons (Fsp3) is 0.143. The number of rotatable bonds is 2. The van der Waals surface area contributed by atoms with Crippen LogP contribution in [0.15, 0.2) is 16.6 Å². The lowest BCUT2D eigenvalue weighted by molar-refractivity contribution is -0.396. The van der Waals surface area contributed by atoms with Crippen LogP contribution in [0.2, 0.25) is 0 Å². The average molecular weight is 261 g/mol. The molecule has 0 aliphatic carbocycles. The van der Waals surface area contributed by atoms with Crippen molar-refractivity contribution in [1.82, 2.24) is 0 Å². The molecule has 0 radical (unpaired) electrons. The molecule has 0 unspecified atom stereocenters. The van der Waals surface area contributed by atoms with Crippen LogP contribution in [0.1, 0.15) is 5.56 Å². The van der Waals surface area contributed by atoms with E-state index < -0.39 is 9.85 Å². The molecule has 6 nitrogen and oxygen atoms in total. The molecule has 0 aliphatic heterocycles. The summed E-state index contributed by atoms with van der Waals surface area (Å²) in [6.45, 7) is 1.52. The molecule has 7 heteroatoms. The third kappa shape index (κ3) is 1.72. The van der Waals surface area contributed by atoms with Crippen molar-refractivity contribution in [3.8, 4) is 0 Å². The summed E-state index contributed by atoms with van der Waals surface area (Å²) >= 11 is 2.85. The molecule has 1 aromatic carbocycles. The van der Waals surface area contributed by atoms with Gasteiger partial charge in [0.2, 0.25) is 0 Å². The Balaban J connectivity index is 3.49. The van der Waals surface area contributed by atoms with Crippen LogP contribution in [-0.2, 0) is 0 Å². The minimum absolute atomic E-state index is 0.0903. The normalized spacial score (nSPS) is 9.86. The molecule has 0 N–H and O–H groups in total. The topological polar surface area (TPSA) is 86.3 Å². The molecule has 14 heavy (non-hydrogen) atoms. The van der Waals surface area contributed by atoms with Gasteiger partial charge in [-0.25, -0.2) is 0 Å². The summed E-state index contributed by atoms with van der Waals surface area (Å²) in [7, 11) is 0. The fourth-order valence-corrected chi connectivity index (χ4v) is 1.75. The van der Waals surface area contributed by atoms with Crippen LogP contribution in [-0.4, -0.2) is 9.85 Å². The number of hydrogen-bond acceptors (Lipinski definition) is 4. The molecule has 0 amide bonds. The number of benzene rings is 1. The van der Waals surface area contributed by atoms with Gasteiger partial charge >= 0.3 is 0 Å². The fourth-order valence-electron chi connectivity index (χ4n) is 1.02. The molecule has 0 fully saturated rings. The van der Waals surface area contributed by atoms with Crippen LogP contribution in [0.5, 0.6) is 0 Å². The predicted molar refractivity (Wildman–Crippen MR) is 52.2 cm³/mol. The van der Waals surface area contributed by atoms with Crippen LogP contribution >= 0.6 is 15.9 Å². The van der Waals surface area contributed by atoms with Gasteiger partial charge in [0.15, 0.2) is 4.47 Å². The van der Waals surface area contributed by atoms with E-state index in [1.165, 1.54) is 19.1 Å². The van der Waals surface area contributed by atoms with Gasteiger partial charge in [0, 0.05) is 11.6 Å². The summed E-state index contributed by atoms with van der Waals surface area (Å²) in [6.07, 6.45) is 0. The van der Waals surface area contributed by atoms with Crippen molar-refractivity contribution < 1.29 is 9.85 Å². The van der Waals surface area contributed by atoms with E-state index in [2.05, 4.69) is 15.9 Å². The highest BCUT2D eigenvalue weighted by molar-refractivity contribution is 9.10. The van der Waals surface area contributed by atoms with Crippen molar-refractivity contribution in [2.45, 2.75) is 6.92 Å². The maximum absolute atomic E-state index is 10.6. The van der Waals surface area contributed by atoms with E-state index in [0.717, 1.165) is 0 Å². The zero-order chi connectivity index (χ0) is 10.9. The summed E-state index contributed by atoms with van der Waals surface area (Å²) < 4.78 is -0.0903. The first-order valence-electron chi connectivity index (χ1n) is 3.53. The number of hydrogen-bond donors (Lipinski definition) is 0. The first kappa shape index (κ1) is 10.6. The molecular formula is C7H5BrN2O4. The molecule has 0 aromatic heterocycles. The van der Waals surface area contributed by atoms with Crippen molar-refractivity contribution in [3.63, 3.8) is 0 Å². The molecule has 0 heterocycles. The first-order valence-corrected chi connectivity index (χ1v) is 4.32. The highest BCUT2D eigenvalue weighted by Gasteiger charge is 2.24. The van der Waals surface area contributed by atoms with Crippen molar-refractivity contribution in [1.29, 1.82) is 0 Å². The Morgan fingerprint density at radius 3 is 2.21 bits per heavy atom. The van der Waals surface area contributed by atoms with E-state index in [4.69, 9.17) is 0 Å². The minimum atomic E-state index is -0.670. The van der Waals surface area contributed by atoms with E-state index in [9.17, 15) is 20.2 Å². The number of nitro benzene ring substituents is 2. The monoisotopic (exact) mass is 260 g/mol. The molecule has 0 saturated heterocycles. The SMILES string of the molecule is Cc1ccc([N+](=O)[O-])c(Br)c1[N+](=O)[O-]. The van der Waals surface area contributed by atoms with Gasteiger partial charge in [-0.15, -0.1) is 0 Å². The van der Waals surface area contributed by atoms with Gasteiger partial charge in [0.1, 0.15) is 0 Å². The second-order valence-corrected chi connectivity index (χ2v) is 3.37. The van der Waals surface area contributed by atoms with E-state index in [0.29, 0.717) is 5.56 Å². The molecule has 1 rings (SSSR count). The zero-order valence-electron chi connectivity index (χ0n) is 7.06. The molecule has 1 aromatic rings. The van der Waals surface area contributed by atoms with E-state index >= 15 is 0 Å². The molecular weight excluding hydrogens is 256 g/mol. The van der Waals surface area contributed by atoms with Gasteiger partial charge in [0.05, 0.1) is 9.85 Å². The lowest BCUT2D eigenvalue weighted by atomic mass is 10.2. The Kier molecular flexibility index (Phi) is 2.80. The van der Waals surface area contributed by atoms with Crippen LogP contribution < -0.4 is 0 Å². The van der Waals surface area contributed by atoms with Crippen LogP contribution in [0.25, 0.3) is 0 Å². The van der Waals surface area contributed by atoms with Gasteiger partial charge in [-0.2, -0.15) is 0 Å². The summed E-state index contributed by atoms with van der Waals surface area (Å²) in [4.78, 5) is 19.7. The van der Waals surface area contributed by atoms with Crippen molar-refractivity contribution in [2.24, 2.45) is 0 Å². The third-order valence-corrected chi connectivity index (χ3v) is 2.46. The number of nitro groups is 2. The Labute approximate surface area is 87.0 Å². The van der Waals surface area contributed by atoms with Crippen molar-refractivity contribution in [3.05, 3.63) is 42.4 Å². The van der Waals surface area contributed by atoms with Crippen LogP contribution in [0.3, 0.4) is 0 Å². The van der Waals surface area contributed by atoms with E-state index in [1.54, 1.807) is 0 Å². The highest BCUT2D eigenvalue weighted by atomic mass is 79.9. The molecule has 0 bridgehead atoms. The second kappa shape index (κ2) is 3.70. The summed E-state index contributed by atoms with van der Waals surface area (Å²) in [5.41, 5.74) is -0.186. The summed E-state index contributed by atoms with van der Waals surface area (Å²) in [6, 6.07) is 2.58. The largest absolute Gasteiger partial charge is 0.293 e. The Bertz CT molecular complexity index is 418. The lowest BCUT2D eigenvalue weighted by Crippen LogP contribution is -1.97. The number of nitrogens with zero attached hydrogens (tertiary/aromatic N) is 2. The lowest BCUT2D eigenvalue weighted by Gasteiger charge is -1.99. The van der Waals surface area contributed by atoms with Gasteiger partial charge in [0.25, 0.3) is 11.4 Å². The number of halogens is 1. The smallest absolute Gasteiger partial charge is 0.258 e. The first-order chi connectivity index (χ1) is 6.45. The Morgan fingerprint density at radius 1 is 1.21 bits per heavy atom. The highest BCUT2D eigenvalue weighted by Crippen LogP contribution is 2.35. The standard InChI is InChI=1S/C7H5BrN2O4/c1-4-2-3-5(9(11)12)6(8)7(4)10(13)14/h2-3H,1H3. The Morgan fingerprint density at radius 2 is 1.79 bits per heavy atom. The van der Waals surface area contributed by atoms with E-state index in [1.807, 2.05) is 0 Å². The second-order valence-electron chi connectivity index (χ2n) is 2.58. The Hall–Kier alpha value is -1.50. The van der Waals surface area contributed by atoms with Gasteiger partial charge in [-0.05, 0) is 28.9 Å². The van der Waals surface area contributed by atoms with Crippen molar-refractivity contribution >= 4 is 27.3 Å². The van der Waals surface area contributed by atoms with Crippen molar-refractivity contribution in [2.75, 3.05) is 0 Å². The average Bonchev–Trinajstić information content (AvgIpc) is 2.02. The molecule has 74 valence electrons. The van der Waals surface area contributed by atoms with E-state index in [-0.39, 0.29) is 15.8 Å². The quantitative estimate of drug-likeness (QED) is 0.604. The third-order valence-electron chi connectivity index (χ3n) is 1.68. The number of aryl methyl sites for hydroxylation is 1. The van der Waals surface area contributed by atoms with Crippen LogP contribution in [0.4, 0.5) is 11.4 Å². The van der Waals surface area contributed by atoms with Gasteiger partial charge in [-0.1, -0.05) is 0 Å².